The third-order valence-corrected chi connectivity index (χ3v) is 2.31. The molecule has 1 aromatic heterocycles. The lowest BCUT2D eigenvalue weighted by atomic mass is 9.94. The molecule has 0 aliphatic carbocycles. The standard InChI is InChI=1S/C9H10F2N2/c10-8-4-13-5-9(11)7(8)1-6-2-12-3-6/h4-6,12H,1-3H2. The minimum Gasteiger partial charge on any atom is -0.316 e. The van der Waals surface area contributed by atoms with E-state index in [2.05, 4.69) is 10.3 Å². The van der Waals surface area contributed by atoms with Crippen molar-refractivity contribution in [3.05, 3.63) is 29.6 Å². The summed E-state index contributed by atoms with van der Waals surface area (Å²) in [5.74, 6) is -0.704. The Labute approximate surface area is 75.0 Å². The van der Waals surface area contributed by atoms with Crippen LogP contribution in [0.1, 0.15) is 5.56 Å². The molecule has 0 saturated carbocycles. The summed E-state index contributed by atoms with van der Waals surface area (Å²) >= 11 is 0. The van der Waals surface area contributed by atoms with Crippen LogP contribution < -0.4 is 5.32 Å². The molecule has 0 unspecified atom stereocenters. The minimum atomic E-state index is -0.535. The fourth-order valence-electron chi connectivity index (χ4n) is 1.41. The van der Waals surface area contributed by atoms with Gasteiger partial charge in [0.2, 0.25) is 0 Å². The van der Waals surface area contributed by atoms with Gasteiger partial charge in [-0.15, -0.1) is 0 Å². The van der Waals surface area contributed by atoms with Crippen LogP contribution in [0.15, 0.2) is 12.4 Å². The summed E-state index contributed by atoms with van der Waals surface area (Å²) in [4.78, 5) is 3.43. The Hall–Kier alpha value is -1.03. The average molecular weight is 184 g/mol. The van der Waals surface area contributed by atoms with Gasteiger partial charge in [-0.3, -0.25) is 4.98 Å². The quantitative estimate of drug-likeness (QED) is 0.745. The second-order valence-corrected chi connectivity index (χ2v) is 3.31. The Morgan fingerprint density at radius 2 is 1.92 bits per heavy atom. The maximum absolute atomic E-state index is 13.0. The zero-order chi connectivity index (χ0) is 9.26. The fraction of sp³-hybridized carbons (Fsp3) is 0.444. The van der Waals surface area contributed by atoms with Gasteiger partial charge in [0.15, 0.2) is 0 Å². The maximum Gasteiger partial charge on any atom is 0.147 e. The molecular weight excluding hydrogens is 174 g/mol. The van der Waals surface area contributed by atoms with Gasteiger partial charge in [-0.1, -0.05) is 0 Å². The second-order valence-electron chi connectivity index (χ2n) is 3.31. The SMILES string of the molecule is Fc1cncc(F)c1CC1CNC1. The lowest BCUT2D eigenvalue weighted by Crippen LogP contribution is -2.43. The monoisotopic (exact) mass is 184 g/mol. The van der Waals surface area contributed by atoms with Crippen molar-refractivity contribution in [2.45, 2.75) is 6.42 Å². The lowest BCUT2D eigenvalue weighted by molar-refractivity contribution is 0.337. The fourth-order valence-corrected chi connectivity index (χ4v) is 1.41. The van der Waals surface area contributed by atoms with Gasteiger partial charge in [0.1, 0.15) is 11.6 Å². The predicted octanol–water partition coefficient (Wildman–Crippen LogP) is 1.12. The van der Waals surface area contributed by atoms with Crippen LogP contribution in [0.3, 0.4) is 0 Å². The topological polar surface area (TPSA) is 24.9 Å². The van der Waals surface area contributed by atoms with Gasteiger partial charge in [0, 0.05) is 5.56 Å². The number of hydrogen-bond donors (Lipinski definition) is 1. The van der Waals surface area contributed by atoms with Crippen LogP contribution in [0, 0.1) is 17.6 Å². The van der Waals surface area contributed by atoms with Crippen molar-refractivity contribution in [3.8, 4) is 0 Å². The highest BCUT2D eigenvalue weighted by Gasteiger charge is 2.20. The van der Waals surface area contributed by atoms with Crippen molar-refractivity contribution in [2.24, 2.45) is 5.92 Å². The normalized spacial score (nSPS) is 17.1. The van der Waals surface area contributed by atoms with E-state index < -0.39 is 11.6 Å². The molecule has 1 aromatic rings. The molecule has 0 amide bonds. The van der Waals surface area contributed by atoms with E-state index in [0.717, 1.165) is 25.5 Å². The second kappa shape index (κ2) is 3.38. The number of halogens is 2. The van der Waals surface area contributed by atoms with E-state index in [1.54, 1.807) is 0 Å². The minimum absolute atomic E-state index is 0.168. The molecule has 0 aromatic carbocycles. The largest absolute Gasteiger partial charge is 0.316 e. The first-order valence-corrected chi connectivity index (χ1v) is 4.26. The summed E-state index contributed by atoms with van der Waals surface area (Å²) in [7, 11) is 0. The Morgan fingerprint density at radius 1 is 1.31 bits per heavy atom. The molecule has 2 rings (SSSR count). The highest BCUT2D eigenvalue weighted by molar-refractivity contribution is 5.16. The first kappa shape index (κ1) is 8.56. The van der Waals surface area contributed by atoms with E-state index in [4.69, 9.17) is 0 Å². The van der Waals surface area contributed by atoms with Gasteiger partial charge in [0.25, 0.3) is 0 Å². The van der Waals surface area contributed by atoms with Crippen LogP contribution in [0.4, 0.5) is 8.78 Å². The molecule has 2 nitrogen and oxygen atoms in total. The Kier molecular flexibility index (Phi) is 2.22. The van der Waals surface area contributed by atoms with Crippen LogP contribution in [-0.2, 0) is 6.42 Å². The highest BCUT2D eigenvalue weighted by Crippen LogP contribution is 2.17. The van der Waals surface area contributed by atoms with Gasteiger partial charge >= 0.3 is 0 Å². The lowest BCUT2D eigenvalue weighted by Gasteiger charge is -2.27. The molecule has 1 aliphatic heterocycles. The van der Waals surface area contributed by atoms with E-state index in [1.165, 1.54) is 0 Å². The first-order chi connectivity index (χ1) is 6.27. The Bertz CT molecular complexity index is 290. The highest BCUT2D eigenvalue weighted by atomic mass is 19.1. The van der Waals surface area contributed by atoms with E-state index in [0.29, 0.717) is 12.3 Å². The first-order valence-electron chi connectivity index (χ1n) is 4.26. The van der Waals surface area contributed by atoms with Crippen molar-refractivity contribution in [1.82, 2.24) is 10.3 Å². The van der Waals surface area contributed by atoms with Crippen molar-refractivity contribution in [3.63, 3.8) is 0 Å². The van der Waals surface area contributed by atoms with E-state index in [9.17, 15) is 8.78 Å². The van der Waals surface area contributed by atoms with Crippen LogP contribution in [0.25, 0.3) is 0 Å². The molecule has 13 heavy (non-hydrogen) atoms. The van der Waals surface area contributed by atoms with Crippen LogP contribution in [0.5, 0.6) is 0 Å². The molecule has 1 N–H and O–H groups in total. The molecule has 0 atom stereocenters. The van der Waals surface area contributed by atoms with Gasteiger partial charge in [0.05, 0.1) is 12.4 Å². The maximum atomic E-state index is 13.0. The summed E-state index contributed by atoms with van der Waals surface area (Å²) in [5, 5.41) is 3.06. The molecule has 1 fully saturated rings. The summed E-state index contributed by atoms with van der Waals surface area (Å²) in [5.41, 5.74) is 0.168. The predicted molar refractivity (Wildman–Crippen MR) is 44.2 cm³/mol. The molecule has 2 heterocycles. The zero-order valence-corrected chi connectivity index (χ0v) is 7.06. The van der Waals surface area contributed by atoms with E-state index in [1.807, 2.05) is 0 Å². The van der Waals surface area contributed by atoms with Crippen LogP contribution in [0.2, 0.25) is 0 Å². The molecule has 1 saturated heterocycles. The van der Waals surface area contributed by atoms with E-state index in [-0.39, 0.29) is 5.56 Å². The molecule has 1 aliphatic rings. The number of nitrogens with zero attached hydrogens (tertiary/aromatic N) is 1. The van der Waals surface area contributed by atoms with Crippen molar-refractivity contribution in [1.29, 1.82) is 0 Å². The van der Waals surface area contributed by atoms with Crippen LogP contribution >= 0.6 is 0 Å². The average Bonchev–Trinajstić information content (AvgIpc) is 2.00. The summed E-state index contributed by atoms with van der Waals surface area (Å²) in [6.45, 7) is 1.70. The third-order valence-electron chi connectivity index (χ3n) is 2.31. The smallest absolute Gasteiger partial charge is 0.147 e. The Morgan fingerprint density at radius 3 is 2.38 bits per heavy atom. The molecule has 4 heteroatoms. The zero-order valence-electron chi connectivity index (χ0n) is 7.06. The van der Waals surface area contributed by atoms with Crippen molar-refractivity contribution >= 4 is 0 Å². The number of rotatable bonds is 2. The van der Waals surface area contributed by atoms with Gasteiger partial charge < -0.3 is 5.32 Å². The summed E-state index contributed by atoms with van der Waals surface area (Å²) in [6.07, 6.45) is 2.59. The van der Waals surface area contributed by atoms with E-state index >= 15 is 0 Å². The number of aromatic nitrogens is 1. The number of hydrogen-bond acceptors (Lipinski definition) is 2. The third kappa shape index (κ3) is 1.67. The molecule has 0 radical (unpaired) electrons. The Balaban J connectivity index is 2.17. The van der Waals surface area contributed by atoms with Gasteiger partial charge in [-0.05, 0) is 25.4 Å². The molecule has 70 valence electrons. The number of pyridine rings is 1. The molecular formula is C9H10F2N2. The van der Waals surface area contributed by atoms with Crippen LogP contribution in [-0.4, -0.2) is 18.1 Å². The molecule has 0 bridgehead atoms. The van der Waals surface area contributed by atoms with Crippen molar-refractivity contribution in [2.75, 3.05) is 13.1 Å². The van der Waals surface area contributed by atoms with Crippen molar-refractivity contribution < 1.29 is 8.78 Å². The number of nitrogens with one attached hydrogen (secondary N) is 1. The summed E-state index contributed by atoms with van der Waals surface area (Å²) < 4.78 is 26.1. The van der Waals surface area contributed by atoms with Gasteiger partial charge in [-0.25, -0.2) is 8.78 Å². The molecule has 0 spiro atoms. The van der Waals surface area contributed by atoms with Gasteiger partial charge in [-0.2, -0.15) is 0 Å². The summed E-state index contributed by atoms with van der Waals surface area (Å²) in [6, 6.07) is 0.